The van der Waals surface area contributed by atoms with Crippen LogP contribution in [0.15, 0.2) is 48.5 Å². The minimum absolute atomic E-state index is 0.170. The second-order valence-electron chi connectivity index (χ2n) is 7.99. The number of nitrogens with one attached hydrogen (secondary N) is 1. The van der Waals surface area contributed by atoms with Gasteiger partial charge in [-0.1, -0.05) is 48.9 Å². The molecule has 32 heavy (non-hydrogen) atoms. The van der Waals surface area contributed by atoms with Crippen molar-refractivity contribution in [2.45, 2.75) is 25.7 Å². The van der Waals surface area contributed by atoms with Gasteiger partial charge < -0.3 is 9.47 Å². The lowest BCUT2D eigenvalue weighted by Gasteiger charge is -2.48. The van der Waals surface area contributed by atoms with Crippen molar-refractivity contribution in [3.05, 3.63) is 75.3 Å². The van der Waals surface area contributed by atoms with Gasteiger partial charge >= 0.3 is 0 Å². The number of aryl methyl sites for hydroxylation is 1. The van der Waals surface area contributed by atoms with Gasteiger partial charge in [0.25, 0.3) is 5.69 Å². The van der Waals surface area contributed by atoms with E-state index in [0.29, 0.717) is 5.56 Å². The minimum Gasteiger partial charge on any atom is -0.443 e. The second kappa shape index (κ2) is 6.88. The summed E-state index contributed by atoms with van der Waals surface area (Å²) in [6.07, 6.45) is -1.39. The van der Waals surface area contributed by atoms with E-state index in [2.05, 4.69) is 0 Å². The molecule has 2 fully saturated rings. The highest BCUT2D eigenvalue weighted by Gasteiger charge is 2.79. The third-order valence-corrected chi connectivity index (χ3v) is 6.51. The fourth-order valence-electron chi connectivity index (χ4n) is 4.76. The van der Waals surface area contributed by atoms with Gasteiger partial charge in [-0.2, -0.15) is 15.8 Å². The third-order valence-electron chi connectivity index (χ3n) is 6.51. The van der Waals surface area contributed by atoms with Crippen LogP contribution in [0.2, 0.25) is 0 Å². The average Bonchev–Trinajstić information content (AvgIpc) is 2.96. The highest BCUT2D eigenvalue weighted by molar-refractivity contribution is 5.89. The van der Waals surface area contributed by atoms with Crippen LogP contribution in [-0.4, -0.2) is 10.8 Å². The first-order valence-electron chi connectivity index (χ1n) is 9.73. The van der Waals surface area contributed by atoms with E-state index >= 15 is 0 Å². The van der Waals surface area contributed by atoms with Crippen molar-refractivity contribution < 1.29 is 14.4 Å². The standard InChI is InChI=1S/C23H17N5O4/c1-14-6-8-17(9-7-14)23-15(2)22(13-26,20(27)32-23)21(11-24,12-25)19(31-23)16-4-3-5-18(10-16)28(29)30/h3-10,15,19,27H,1-2H3. The molecule has 0 amide bonds. The smallest absolute Gasteiger partial charge is 0.269 e. The monoisotopic (exact) mass is 427 g/mol. The SMILES string of the molecule is Cc1ccc(C23OC(=N)C(C#N)(C2C)C(C#N)(C#N)C(c2cccc([N+](=O)[O-])c2)O3)cc1. The Morgan fingerprint density at radius 1 is 1.09 bits per heavy atom. The van der Waals surface area contributed by atoms with E-state index in [-0.39, 0.29) is 11.3 Å². The predicted molar refractivity (Wildman–Crippen MR) is 109 cm³/mol. The summed E-state index contributed by atoms with van der Waals surface area (Å²) < 4.78 is 12.2. The zero-order valence-corrected chi connectivity index (χ0v) is 17.2. The molecule has 0 aliphatic carbocycles. The molecule has 158 valence electrons. The lowest BCUT2D eigenvalue weighted by atomic mass is 9.53. The number of rotatable bonds is 3. The number of hydrogen-bond acceptors (Lipinski definition) is 8. The molecule has 0 spiro atoms. The number of fused-ring (bicyclic) bond motifs is 2. The molecule has 2 aliphatic rings. The molecule has 2 saturated heterocycles. The van der Waals surface area contributed by atoms with Crippen LogP contribution >= 0.6 is 0 Å². The second-order valence-corrected chi connectivity index (χ2v) is 7.99. The summed E-state index contributed by atoms with van der Waals surface area (Å²) in [7, 11) is 0. The van der Waals surface area contributed by atoms with Gasteiger partial charge in [0, 0.05) is 17.7 Å². The normalized spacial score (nSPS) is 29.8. The topological polar surface area (TPSA) is 157 Å². The quantitative estimate of drug-likeness (QED) is 0.572. The number of hydrogen-bond donors (Lipinski definition) is 1. The molecule has 0 aromatic heterocycles. The zero-order valence-electron chi connectivity index (χ0n) is 17.2. The molecule has 4 rings (SSSR count). The van der Waals surface area contributed by atoms with Gasteiger partial charge in [0.05, 0.1) is 29.0 Å². The molecule has 4 unspecified atom stereocenters. The van der Waals surface area contributed by atoms with Gasteiger partial charge in [0.2, 0.25) is 17.1 Å². The molecule has 2 aromatic carbocycles. The van der Waals surface area contributed by atoms with Crippen LogP contribution in [0.1, 0.15) is 29.7 Å². The van der Waals surface area contributed by atoms with Gasteiger partial charge in [-0.3, -0.25) is 15.5 Å². The molecule has 2 heterocycles. The van der Waals surface area contributed by atoms with Crippen molar-refractivity contribution in [2.75, 3.05) is 0 Å². The van der Waals surface area contributed by atoms with E-state index in [4.69, 9.17) is 14.9 Å². The Morgan fingerprint density at radius 3 is 2.31 bits per heavy atom. The third kappa shape index (κ3) is 2.36. The van der Waals surface area contributed by atoms with E-state index in [1.54, 1.807) is 19.1 Å². The summed E-state index contributed by atoms with van der Waals surface area (Å²) in [6, 6.07) is 18.4. The molecule has 0 saturated carbocycles. The van der Waals surface area contributed by atoms with Crippen LogP contribution in [0.25, 0.3) is 0 Å². The van der Waals surface area contributed by atoms with Gasteiger partial charge in [-0.25, -0.2) is 0 Å². The summed E-state index contributed by atoms with van der Waals surface area (Å²) in [4.78, 5) is 10.7. The lowest BCUT2D eigenvalue weighted by Crippen LogP contribution is -2.57. The van der Waals surface area contributed by atoms with Crippen LogP contribution in [0.5, 0.6) is 0 Å². The van der Waals surface area contributed by atoms with Gasteiger partial charge in [0.1, 0.15) is 6.10 Å². The average molecular weight is 427 g/mol. The molecular weight excluding hydrogens is 410 g/mol. The number of non-ortho nitro benzene ring substituents is 1. The van der Waals surface area contributed by atoms with Crippen molar-refractivity contribution in [1.82, 2.24) is 0 Å². The van der Waals surface area contributed by atoms with Crippen molar-refractivity contribution >= 4 is 11.6 Å². The Kier molecular flexibility index (Phi) is 4.51. The molecular formula is C23H17N5O4. The zero-order chi connectivity index (χ0) is 23.3. The van der Waals surface area contributed by atoms with Gasteiger partial charge in [-0.15, -0.1) is 0 Å². The Labute approximate surface area is 183 Å². The summed E-state index contributed by atoms with van der Waals surface area (Å²) >= 11 is 0. The molecule has 0 radical (unpaired) electrons. The van der Waals surface area contributed by atoms with E-state index in [1.165, 1.54) is 24.3 Å². The number of ether oxygens (including phenoxy) is 2. The maximum absolute atomic E-state index is 11.3. The first-order chi connectivity index (χ1) is 15.2. The number of nitro groups is 1. The van der Waals surface area contributed by atoms with Crippen molar-refractivity contribution in [3.8, 4) is 18.2 Å². The van der Waals surface area contributed by atoms with Crippen LogP contribution in [0.3, 0.4) is 0 Å². The van der Waals surface area contributed by atoms with E-state index < -0.39 is 39.5 Å². The van der Waals surface area contributed by atoms with Crippen LogP contribution in [-0.2, 0) is 15.3 Å². The number of nitrogens with zero attached hydrogens (tertiary/aromatic N) is 4. The number of nitro benzene ring substituents is 1. The van der Waals surface area contributed by atoms with Crippen molar-refractivity contribution in [1.29, 1.82) is 21.2 Å². The first-order valence-corrected chi connectivity index (χ1v) is 9.73. The highest BCUT2D eigenvalue weighted by atomic mass is 16.7. The Balaban J connectivity index is 2.04. The number of nitriles is 3. The number of benzene rings is 2. The largest absolute Gasteiger partial charge is 0.443 e. The Morgan fingerprint density at radius 2 is 1.75 bits per heavy atom. The van der Waals surface area contributed by atoms with Crippen LogP contribution in [0, 0.1) is 73.2 Å². The maximum Gasteiger partial charge on any atom is 0.269 e. The molecule has 4 atom stereocenters. The predicted octanol–water partition coefficient (Wildman–Crippen LogP) is 4.01. The summed E-state index contributed by atoms with van der Waals surface area (Å²) in [6.45, 7) is 3.50. The van der Waals surface area contributed by atoms with Gasteiger partial charge in [0.15, 0.2) is 5.41 Å². The minimum atomic E-state index is -2.18. The van der Waals surface area contributed by atoms with Crippen LogP contribution in [0.4, 0.5) is 5.69 Å². The Bertz CT molecular complexity index is 1260. The Hall–Kier alpha value is -4.26. The maximum atomic E-state index is 11.3. The molecule has 2 bridgehead atoms. The molecule has 9 nitrogen and oxygen atoms in total. The molecule has 1 N–H and O–H groups in total. The summed E-state index contributed by atoms with van der Waals surface area (Å²) in [5, 5.41) is 50.6. The summed E-state index contributed by atoms with van der Waals surface area (Å²) in [5.74, 6) is -3.07. The lowest BCUT2D eigenvalue weighted by molar-refractivity contribution is -0.385. The highest BCUT2D eigenvalue weighted by Crippen LogP contribution is 2.69. The first kappa shape index (κ1) is 21.0. The van der Waals surface area contributed by atoms with Gasteiger partial charge in [-0.05, 0) is 12.5 Å². The fraction of sp³-hybridized carbons (Fsp3) is 0.304. The van der Waals surface area contributed by atoms with E-state index in [1.807, 2.05) is 37.3 Å². The van der Waals surface area contributed by atoms with Crippen molar-refractivity contribution in [2.24, 2.45) is 16.7 Å². The molecule has 2 aliphatic heterocycles. The summed E-state index contributed by atoms with van der Waals surface area (Å²) in [5.41, 5.74) is -2.76. The molecule has 9 heteroatoms. The fourth-order valence-corrected chi connectivity index (χ4v) is 4.76. The van der Waals surface area contributed by atoms with E-state index in [9.17, 15) is 25.9 Å². The van der Waals surface area contributed by atoms with Crippen molar-refractivity contribution in [3.63, 3.8) is 0 Å². The molecule has 2 aromatic rings. The van der Waals surface area contributed by atoms with E-state index in [0.717, 1.165) is 5.56 Å². The van der Waals surface area contributed by atoms with Crippen LogP contribution < -0.4 is 0 Å².